The van der Waals surface area contributed by atoms with E-state index in [-0.39, 0.29) is 0 Å². The Kier molecular flexibility index (Phi) is 3.98. The van der Waals surface area contributed by atoms with Crippen LogP contribution in [0.4, 0.5) is 10.5 Å². The average molecular weight is 239 g/mol. The van der Waals surface area contributed by atoms with E-state index in [1.165, 1.54) is 19.4 Å². The maximum absolute atomic E-state index is 10.6. The molecule has 0 aromatic heterocycles. The quantitative estimate of drug-likeness (QED) is 0.463. The van der Waals surface area contributed by atoms with Crippen LogP contribution in [0.25, 0.3) is 0 Å². The van der Waals surface area contributed by atoms with Crippen LogP contribution >= 0.6 is 0 Å². The molecule has 0 aliphatic carbocycles. The number of nitrogens with zero attached hydrogens (tertiary/aromatic N) is 2. The summed E-state index contributed by atoms with van der Waals surface area (Å²) in [4.78, 5) is 20.4. The third kappa shape index (κ3) is 3.45. The lowest BCUT2D eigenvalue weighted by Gasteiger charge is -1.98. The Hall–Kier alpha value is -2.64. The molecule has 17 heavy (non-hydrogen) atoms. The molecule has 0 aliphatic rings. The van der Waals surface area contributed by atoms with Crippen molar-refractivity contribution in [2.75, 3.05) is 7.11 Å². The van der Waals surface area contributed by atoms with E-state index in [2.05, 4.69) is 9.84 Å². The number of benzene rings is 1. The van der Waals surface area contributed by atoms with Crippen LogP contribution in [0.2, 0.25) is 0 Å². The molecule has 2 N–H and O–H groups in total. The Bertz CT molecular complexity index is 472. The van der Waals surface area contributed by atoms with Gasteiger partial charge in [0.25, 0.3) is 0 Å². The summed E-state index contributed by atoms with van der Waals surface area (Å²) in [6.07, 6.45) is 0.429. The van der Waals surface area contributed by atoms with Gasteiger partial charge < -0.3 is 9.84 Å². The minimum absolute atomic E-state index is 0.353. The van der Waals surface area contributed by atoms with Gasteiger partial charge in [-0.2, -0.15) is 5.10 Å². The van der Waals surface area contributed by atoms with E-state index in [0.717, 1.165) is 12.1 Å². The monoisotopic (exact) mass is 239 g/mol. The van der Waals surface area contributed by atoms with Crippen LogP contribution in [0.1, 0.15) is 5.56 Å². The molecule has 0 heterocycles. The van der Waals surface area contributed by atoms with Gasteiger partial charge >= 0.3 is 11.8 Å². The highest BCUT2D eigenvalue weighted by molar-refractivity contribution is 5.82. The number of nitrogens with one attached hydrogen (secondary N) is 1. The van der Waals surface area contributed by atoms with Crippen LogP contribution in [0.15, 0.2) is 23.3 Å². The van der Waals surface area contributed by atoms with E-state index >= 15 is 0 Å². The number of rotatable bonds is 3. The highest BCUT2D eigenvalue weighted by Gasteiger charge is 2.12. The van der Waals surface area contributed by atoms with Gasteiger partial charge in [0.05, 0.1) is 18.2 Å². The first-order valence-corrected chi connectivity index (χ1v) is 4.39. The molecular weight excluding hydrogens is 230 g/mol. The zero-order chi connectivity index (χ0) is 12.8. The molecule has 0 radical (unpaired) electrons. The summed E-state index contributed by atoms with van der Waals surface area (Å²) in [6, 6.07) is 3.69. The first kappa shape index (κ1) is 12.4. The van der Waals surface area contributed by atoms with E-state index in [0.29, 0.717) is 5.56 Å². The Balaban J connectivity index is 2.82. The summed E-state index contributed by atoms with van der Waals surface area (Å²) in [6.45, 7) is 0. The van der Waals surface area contributed by atoms with Crippen molar-refractivity contribution in [1.29, 1.82) is 0 Å². The van der Waals surface area contributed by atoms with Gasteiger partial charge in [0.1, 0.15) is 0 Å². The minimum Gasteiger partial charge on any atom is -0.502 e. The fourth-order valence-corrected chi connectivity index (χ4v) is 0.972. The molecule has 1 aromatic carbocycles. The number of hydrogen-bond donors (Lipinski definition) is 2. The number of phenolic OH excluding ortho intramolecular Hbond substituents is 1. The average Bonchev–Trinajstić information content (AvgIpc) is 2.30. The molecule has 0 aliphatic heterocycles. The summed E-state index contributed by atoms with van der Waals surface area (Å²) < 4.78 is 4.26. The molecule has 1 rings (SSSR count). The van der Waals surface area contributed by atoms with Gasteiger partial charge in [-0.3, -0.25) is 10.1 Å². The lowest BCUT2D eigenvalue weighted by molar-refractivity contribution is -0.385. The van der Waals surface area contributed by atoms with Crippen molar-refractivity contribution < 1.29 is 19.6 Å². The molecule has 0 saturated heterocycles. The van der Waals surface area contributed by atoms with Crippen LogP contribution in [-0.2, 0) is 4.74 Å². The number of methoxy groups -OCH3 is 1. The molecule has 1 aromatic rings. The Morgan fingerprint density at radius 1 is 1.65 bits per heavy atom. The highest BCUT2D eigenvalue weighted by atomic mass is 16.6. The molecule has 90 valence electrons. The van der Waals surface area contributed by atoms with E-state index < -0.39 is 22.5 Å². The van der Waals surface area contributed by atoms with Crippen molar-refractivity contribution >= 4 is 18.0 Å². The summed E-state index contributed by atoms with van der Waals surface area (Å²) in [7, 11) is 1.18. The molecule has 0 saturated carbocycles. The van der Waals surface area contributed by atoms with Crippen molar-refractivity contribution in [3.05, 3.63) is 33.9 Å². The molecule has 0 bridgehead atoms. The van der Waals surface area contributed by atoms with Crippen LogP contribution < -0.4 is 5.43 Å². The van der Waals surface area contributed by atoms with Crippen LogP contribution in [0.3, 0.4) is 0 Å². The second-order valence-electron chi connectivity index (χ2n) is 2.87. The predicted octanol–water partition coefficient (Wildman–Crippen LogP) is 0.990. The number of hydrogen-bond acceptors (Lipinski definition) is 6. The number of carbonyl (C=O) groups is 1. The van der Waals surface area contributed by atoms with Crippen LogP contribution in [0.5, 0.6) is 5.75 Å². The second-order valence-corrected chi connectivity index (χ2v) is 2.87. The summed E-state index contributed by atoms with van der Waals surface area (Å²) >= 11 is 0. The predicted molar refractivity (Wildman–Crippen MR) is 57.9 cm³/mol. The maximum atomic E-state index is 10.6. The van der Waals surface area contributed by atoms with Crippen molar-refractivity contribution in [2.45, 2.75) is 0 Å². The zero-order valence-electron chi connectivity index (χ0n) is 8.78. The van der Waals surface area contributed by atoms with Crippen molar-refractivity contribution in [3.63, 3.8) is 0 Å². The third-order valence-electron chi connectivity index (χ3n) is 1.75. The number of hydrazone groups is 1. The number of nitro groups is 1. The number of carbonyl (C=O) groups excluding carboxylic acids is 1. The van der Waals surface area contributed by atoms with Gasteiger partial charge in [-0.25, -0.2) is 10.2 Å². The summed E-state index contributed by atoms with van der Waals surface area (Å²) in [5, 5.41) is 23.2. The molecule has 8 heteroatoms. The summed E-state index contributed by atoms with van der Waals surface area (Å²) in [5.74, 6) is -0.437. The van der Waals surface area contributed by atoms with Crippen molar-refractivity contribution in [1.82, 2.24) is 5.43 Å². The topological polar surface area (TPSA) is 114 Å². The van der Waals surface area contributed by atoms with Gasteiger partial charge in [0, 0.05) is 11.6 Å². The number of ether oxygens (including phenoxy) is 1. The first-order chi connectivity index (χ1) is 8.04. The van der Waals surface area contributed by atoms with E-state index in [1.54, 1.807) is 0 Å². The largest absolute Gasteiger partial charge is 0.502 e. The standard InChI is InChI=1S/C9H9N3O5/c1-17-9(14)11-10-5-6-2-3-8(13)7(4-6)12(15)16/h2-5,13H,1H3,(H,11,14)/b10-5+. The third-order valence-corrected chi connectivity index (χ3v) is 1.75. The fourth-order valence-electron chi connectivity index (χ4n) is 0.972. The molecule has 0 atom stereocenters. The minimum atomic E-state index is -0.755. The number of amides is 1. The van der Waals surface area contributed by atoms with Gasteiger partial charge in [-0.05, 0) is 12.1 Å². The van der Waals surface area contributed by atoms with Crippen LogP contribution in [-0.4, -0.2) is 29.4 Å². The van der Waals surface area contributed by atoms with E-state index in [1.807, 2.05) is 5.43 Å². The lowest BCUT2D eigenvalue weighted by atomic mass is 10.2. The highest BCUT2D eigenvalue weighted by Crippen LogP contribution is 2.25. The molecule has 1 amide bonds. The normalized spacial score (nSPS) is 10.2. The smallest absolute Gasteiger partial charge is 0.427 e. The lowest BCUT2D eigenvalue weighted by Crippen LogP contribution is -2.16. The van der Waals surface area contributed by atoms with E-state index in [4.69, 9.17) is 0 Å². The Morgan fingerprint density at radius 2 is 2.35 bits per heavy atom. The molecule has 8 nitrogen and oxygen atoms in total. The van der Waals surface area contributed by atoms with E-state index in [9.17, 15) is 20.0 Å². The van der Waals surface area contributed by atoms with Gasteiger partial charge in [-0.1, -0.05) is 0 Å². The van der Waals surface area contributed by atoms with Gasteiger partial charge in [0.15, 0.2) is 5.75 Å². The molecule has 0 unspecified atom stereocenters. The SMILES string of the molecule is COC(=O)N/N=C/c1ccc(O)c([N+](=O)[O-])c1. The van der Waals surface area contributed by atoms with Crippen LogP contribution in [0, 0.1) is 10.1 Å². The Labute approximate surface area is 95.7 Å². The summed E-state index contributed by atoms with van der Waals surface area (Å²) in [5.41, 5.74) is 1.93. The van der Waals surface area contributed by atoms with Crippen molar-refractivity contribution in [2.24, 2.45) is 5.10 Å². The number of phenols is 1. The molecule has 0 fully saturated rings. The van der Waals surface area contributed by atoms with Gasteiger partial charge in [-0.15, -0.1) is 0 Å². The fraction of sp³-hybridized carbons (Fsp3) is 0.111. The zero-order valence-corrected chi connectivity index (χ0v) is 8.78. The number of nitro benzene ring substituents is 1. The molecule has 0 spiro atoms. The molecular formula is C9H9N3O5. The Morgan fingerprint density at radius 3 is 2.94 bits per heavy atom. The second kappa shape index (κ2) is 5.45. The van der Waals surface area contributed by atoms with Crippen molar-refractivity contribution in [3.8, 4) is 5.75 Å². The van der Waals surface area contributed by atoms with Gasteiger partial charge in [0.2, 0.25) is 0 Å². The first-order valence-electron chi connectivity index (χ1n) is 4.39. The maximum Gasteiger partial charge on any atom is 0.427 e. The number of aromatic hydroxyl groups is 1.